The van der Waals surface area contributed by atoms with Gasteiger partial charge in [0.1, 0.15) is 0 Å². The molecule has 2 heteroatoms. The van der Waals surface area contributed by atoms with Gasteiger partial charge >= 0.3 is 5.97 Å². The van der Waals surface area contributed by atoms with Crippen LogP contribution in [0.2, 0.25) is 0 Å². The molecule has 0 aromatic carbocycles. The highest BCUT2D eigenvalue weighted by Crippen LogP contribution is 2.42. The molecule has 0 aliphatic heterocycles. The lowest BCUT2D eigenvalue weighted by Gasteiger charge is -2.37. The van der Waals surface area contributed by atoms with Crippen molar-refractivity contribution in [3.05, 3.63) is 0 Å². The normalized spacial score (nSPS) is 16.8. The Morgan fingerprint density at radius 2 is 1.71 bits per heavy atom. The van der Waals surface area contributed by atoms with Crippen LogP contribution in [0.15, 0.2) is 0 Å². The smallest absolute Gasteiger partial charge is 0.309 e. The molecule has 0 aromatic heterocycles. The molecule has 0 saturated carbocycles. The second kappa shape index (κ2) is 4.33. The van der Waals surface area contributed by atoms with Gasteiger partial charge in [-0.2, -0.15) is 0 Å². The van der Waals surface area contributed by atoms with E-state index in [1.807, 2.05) is 20.8 Å². The summed E-state index contributed by atoms with van der Waals surface area (Å²) < 4.78 is 0. The van der Waals surface area contributed by atoms with E-state index in [1.165, 1.54) is 0 Å². The molecule has 2 nitrogen and oxygen atoms in total. The minimum Gasteiger partial charge on any atom is -0.481 e. The van der Waals surface area contributed by atoms with Crippen molar-refractivity contribution >= 4 is 5.97 Å². The molecule has 0 spiro atoms. The van der Waals surface area contributed by atoms with E-state index in [2.05, 4.69) is 20.8 Å². The molecule has 0 saturated heterocycles. The Labute approximate surface area is 87.7 Å². The first-order chi connectivity index (χ1) is 6.15. The van der Waals surface area contributed by atoms with Gasteiger partial charge in [0.05, 0.1) is 5.41 Å². The molecule has 1 unspecified atom stereocenters. The van der Waals surface area contributed by atoms with E-state index < -0.39 is 11.4 Å². The topological polar surface area (TPSA) is 37.3 Å². The maximum Gasteiger partial charge on any atom is 0.309 e. The number of rotatable bonds is 4. The monoisotopic (exact) mass is 200 g/mol. The van der Waals surface area contributed by atoms with Crippen molar-refractivity contribution in [2.45, 2.75) is 54.4 Å². The fourth-order valence-corrected chi connectivity index (χ4v) is 2.16. The molecule has 84 valence electrons. The van der Waals surface area contributed by atoms with Crippen LogP contribution in [-0.2, 0) is 4.79 Å². The molecule has 0 fully saturated rings. The van der Waals surface area contributed by atoms with Crippen LogP contribution >= 0.6 is 0 Å². The summed E-state index contributed by atoms with van der Waals surface area (Å²) >= 11 is 0. The molecule has 0 rings (SSSR count). The molecule has 0 heterocycles. The minimum atomic E-state index is -0.648. The zero-order valence-electron chi connectivity index (χ0n) is 10.3. The van der Waals surface area contributed by atoms with Crippen molar-refractivity contribution < 1.29 is 9.90 Å². The van der Waals surface area contributed by atoms with Gasteiger partial charge in [-0.25, -0.2) is 0 Å². The third kappa shape index (κ3) is 3.00. The van der Waals surface area contributed by atoms with Gasteiger partial charge in [-0.05, 0) is 24.2 Å². The summed E-state index contributed by atoms with van der Waals surface area (Å²) in [7, 11) is 0. The van der Waals surface area contributed by atoms with E-state index in [0.29, 0.717) is 6.42 Å². The lowest BCUT2D eigenvalue weighted by Crippen LogP contribution is -2.39. The molecule has 1 N–H and O–H groups in total. The van der Waals surface area contributed by atoms with E-state index in [1.54, 1.807) is 0 Å². The zero-order chi connectivity index (χ0) is 11.6. The molecular weight excluding hydrogens is 176 g/mol. The standard InChI is InChI=1S/C12H24O2/c1-7-12(9(2)3,10(13)14)8-11(4,5)6/h9H,7-8H2,1-6H3,(H,13,14). The summed E-state index contributed by atoms with van der Waals surface area (Å²) in [6.45, 7) is 12.3. The van der Waals surface area contributed by atoms with Gasteiger partial charge < -0.3 is 5.11 Å². The summed E-state index contributed by atoms with van der Waals surface area (Å²) in [5.41, 5.74) is -0.489. The van der Waals surface area contributed by atoms with Crippen LogP contribution in [0, 0.1) is 16.7 Å². The summed E-state index contributed by atoms with van der Waals surface area (Å²) in [5.74, 6) is -0.464. The summed E-state index contributed by atoms with van der Waals surface area (Å²) in [6.07, 6.45) is 1.45. The van der Waals surface area contributed by atoms with Gasteiger partial charge in [0.25, 0.3) is 0 Å². The van der Waals surface area contributed by atoms with Crippen molar-refractivity contribution in [1.82, 2.24) is 0 Å². The van der Waals surface area contributed by atoms with Crippen LogP contribution in [0.5, 0.6) is 0 Å². The van der Waals surface area contributed by atoms with Gasteiger partial charge in [0.15, 0.2) is 0 Å². The van der Waals surface area contributed by atoms with Crippen molar-refractivity contribution in [3.8, 4) is 0 Å². The predicted molar refractivity (Wildman–Crippen MR) is 59.3 cm³/mol. The molecule has 1 atom stereocenters. The quantitative estimate of drug-likeness (QED) is 0.753. The third-order valence-electron chi connectivity index (χ3n) is 3.01. The lowest BCUT2D eigenvalue weighted by molar-refractivity contribution is -0.154. The molecule has 0 bridgehead atoms. The van der Waals surface area contributed by atoms with Crippen LogP contribution in [0.1, 0.15) is 54.4 Å². The predicted octanol–water partition coefficient (Wildman–Crippen LogP) is 3.56. The number of aliphatic carboxylic acids is 1. The van der Waals surface area contributed by atoms with Crippen LogP contribution < -0.4 is 0 Å². The maximum absolute atomic E-state index is 11.4. The molecular formula is C12H24O2. The van der Waals surface area contributed by atoms with Crippen LogP contribution in [0.4, 0.5) is 0 Å². The summed E-state index contributed by atoms with van der Waals surface area (Å²) in [6, 6.07) is 0. The molecule has 0 amide bonds. The second-order valence-electron chi connectivity index (χ2n) is 5.71. The zero-order valence-corrected chi connectivity index (χ0v) is 10.3. The first-order valence-corrected chi connectivity index (χ1v) is 5.39. The maximum atomic E-state index is 11.4. The van der Waals surface area contributed by atoms with E-state index in [4.69, 9.17) is 0 Å². The lowest BCUT2D eigenvalue weighted by atomic mass is 9.66. The van der Waals surface area contributed by atoms with Crippen molar-refractivity contribution in [3.63, 3.8) is 0 Å². The van der Waals surface area contributed by atoms with Gasteiger partial charge in [-0.15, -0.1) is 0 Å². The van der Waals surface area contributed by atoms with E-state index in [9.17, 15) is 9.90 Å². The minimum absolute atomic E-state index is 0.0681. The highest BCUT2D eigenvalue weighted by Gasteiger charge is 2.42. The Bertz CT molecular complexity index is 201. The summed E-state index contributed by atoms with van der Waals surface area (Å²) in [4.78, 5) is 11.4. The molecule has 0 radical (unpaired) electrons. The van der Waals surface area contributed by atoms with Crippen molar-refractivity contribution in [2.24, 2.45) is 16.7 Å². The first kappa shape index (κ1) is 13.5. The molecule has 0 aliphatic carbocycles. The molecule has 14 heavy (non-hydrogen) atoms. The Morgan fingerprint density at radius 3 is 1.79 bits per heavy atom. The Kier molecular flexibility index (Phi) is 4.16. The average Bonchev–Trinajstić information content (AvgIpc) is 1.97. The fraction of sp³-hybridized carbons (Fsp3) is 0.917. The molecule has 0 aliphatic rings. The van der Waals surface area contributed by atoms with Crippen LogP contribution in [0.25, 0.3) is 0 Å². The van der Waals surface area contributed by atoms with E-state index >= 15 is 0 Å². The number of hydrogen-bond donors (Lipinski definition) is 1. The Balaban J connectivity index is 4.97. The van der Waals surface area contributed by atoms with Crippen LogP contribution in [-0.4, -0.2) is 11.1 Å². The Morgan fingerprint density at radius 1 is 1.29 bits per heavy atom. The third-order valence-corrected chi connectivity index (χ3v) is 3.01. The average molecular weight is 200 g/mol. The number of carboxylic acid groups (broad SMARTS) is 1. The van der Waals surface area contributed by atoms with Gasteiger partial charge in [0.2, 0.25) is 0 Å². The van der Waals surface area contributed by atoms with Crippen molar-refractivity contribution in [2.75, 3.05) is 0 Å². The van der Waals surface area contributed by atoms with Gasteiger partial charge in [-0.3, -0.25) is 4.79 Å². The van der Waals surface area contributed by atoms with Crippen molar-refractivity contribution in [1.29, 1.82) is 0 Å². The summed E-state index contributed by atoms with van der Waals surface area (Å²) in [5, 5.41) is 9.36. The van der Waals surface area contributed by atoms with Crippen LogP contribution in [0.3, 0.4) is 0 Å². The second-order valence-corrected chi connectivity index (χ2v) is 5.71. The number of carbonyl (C=O) groups is 1. The van der Waals surface area contributed by atoms with Gasteiger partial charge in [-0.1, -0.05) is 41.5 Å². The number of carboxylic acids is 1. The first-order valence-electron chi connectivity index (χ1n) is 5.39. The highest BCUT2D eigenvalue weighted by atomic mass is 16.4. The largest absolute Gasteiger partial charge is 0.481 e. The van der Waals surface area contributed by atoms with E-state index in [-0.39, 0.29) is 11.3 Å². The molecule has 0 aromatic rings. The highest BCUT2D eigenvalue weighted by molar-refractivity contribution is 5.75. The SMILES string of the molecule is CCC(CC(C)(C)C)(C(=O)O)C(C)C. The van der Waals surface area contributed by atoms with E-state index in [0.717, 1.165) is 6.42 Å². The van der Waals surface area contributed by atoms with Gasteiger partial charge in [0, 0.05) is 0 Å². The fourth-order valence-electron chi connectivity index (χ4n) is 2.16. The Hall–Kier alpha value is -0.530. The number of hydrogen-bond acceptors (Lipinski definition) is 1.